The minimum absolute atomic E-state index is 0.0126. The normalized spacial score (nSPS) is 12.4. The van der Waals surface area contributed by atoms with Crippen LogP contribution in [-0.2, 0) is 161 Å². The van der Waals surface area contributed by atoms with E-state index in [4.69, 9.17) is 133 Å². The molecule has 2 rings (SSSR count). The zero-order valence-electron chi connectivity index (χ0n) is 70.4. The van der Waals surface area contributed by atoms with Gasteiger partial charge in [0, 0.05) is 64.2 Å². The number of carbonyl (C=O) groups is 6. The molecule has 0 bridgehead atoms. The minimum atomic E-state index is -1.93. The first-order chi connectivity index (χ1) is 59.4. The first kappa shape index (κ1) is 112. The third-order valence-corrected chi connectivity index (χ3v) is 15.4. The lowest BCUT2D eigenvalue weighted by Gasteiger charge is -2.18. The van der Waals surface area contributed by atoms with Crippen molar-refractivity contribution < 1.29 is 184 Å². The molecule has 1 aliphatic rings. The number of esters is 1. The summed E-state index contributed by atoms with van der Waals surface area (Å²) in [5, 5.41) is 7.67. The van der Waals surface area contributed by atoms with Crippen molar-refractivity contribution in [2.75, 3.05) is 390 Å². The molecule has 1 heterocycles. The molecule has 704 valence electrons. The third kappa shape index (κ3) is 72.4. The van der Waals surface area contributed by atoms with Crippen molar-refractivity contribution in [3.05, 3.63) is 41.5 Å². The van der Waals surface area contributed by atoms with Crippen LogP contribution in [-0.4, -0.2) is 437 Å². The molecule has 0 spiro atoms. The number of methoxy groups -OCH3 is 1. The molecule has 1 unspecified atom stereocenters. The van der Waals surface area contributed by atoms with Gasteiger partial charge in [-0.1, -0.05) is 0 Å². The van der Waals surface area contributed by atoms with E-state index in [0.29, 0.717) is 284 Å². The molecule has 0 radical (unpaired) electrons. The standard InChI is InChI=1S/C78H134F4N4O35/c1-93-14-15-97-22-23-101-28-29-103-32-33-105-36-37-107-40-41-109-44-45-111-48-49-113-52-53-115-56-57-117-60-61-119-64-65-120-63-62-118-59-58-116-55-54-114-51-50-112-47-46-110-43-42-108-39-38-106-35-34-104-31-30-102-27-26-100-21-18-96-13-9-84-78(92)69(2-5-74(91)121-77-75(81)67(79)66-68(80)76(77)82)85-71(88)7-11-94-16-19-98-24-25-99-20-17-95-12-8-83-70(87)6-10-86-72(89)3-4-73(86)90/h3-4,66,69H,2,5-65H2,1H3,(H,83,87)(H,84,92)(H,85,88). The van der Waals surface area contributed by atoms with Gasteiger partial charge in [0.05, 0.1) is 363 Å². The highest BCUT2D eigenvalue weighted by Gasteiger charge is 2.27. The maximum absolute atomic E-state index is 14.2. The fraction of sp³-hybridized carbons (Fsp3) is 0.821. The molecule has 43 heteroatoms. The molecule has 3 N–H and O–H groups in total. The number of carbonyl (C=O) groups excluding carboxylic acids is 6. The smallest absolute Gasteiger partial charge is 0.311 e. The third-order valence-electron chi connectivity index (χ3n) is 15.4. The van der Waals surface area contributed by atoms with Gasteiger partial charge in [0.15, 0.2) is 11.6 Å². The van der Waals surface area contributed by atoms with E-state index >= 15 is 0 Å². The fourth-order valence-electron chi connectivity index (χ4n) is 9.20. The molecular weight excluding hydrogens is 1630 g/mol. The van der Waals surface area contributed by atoms with Gasteiger partial charge in [-0.3, -0.25) is 33.7 Å². The Balaban J connectivity index is 1.26. The van der Waals surface area contributed by atoms with Crippen LogP contribution in [0.1, 0.15) is 25.7 Å². The summed E-state index contributed by atoms with van der Waals surface area (Å²) >= 11 is 0. The van der Waals surface area contributed by atoms with Gasteiger partial charge in [0.1, 0.15) is 6.04 Å². The van der Waals surface area contributed by atoms with Crippen LogP contribution in [0.2, 0.25) is 0 Å². The Morgan fingerprint density at radius 2 is 0.529 bits per heavy atom. The Labute approximate surface area is 706 Å². The lowest BCUT2D eigenvalue weighted by molar-refractivity contribution is -0.138. The lowest BCUT2D eigenvalue weighted by atomic mass is 10.1. The minimum Gasteiger partial charge on any atom is -0.420 e. The quantitative estimate of drug-likeness (QED) is 0.0199. The van der Waals surface area contributed by atoms with Gasteiger partial charge in [-0.05, 0) is 6.42 Å². The van der Waals surface area contributed by atoms with E-state index in [1.165, 1.54) is 0 Å². The lowest BCUT2D eigenvalue weighted by Crippen LogP contribution is -2.48. The van der Waals surface area contributed by atoms with E-state index in [-0.39, 0.29) is 124 Å². The van der Waals surface area contributed by atoms with Crippen LogP contribution < -0.4 is 20.7 Å². The highest BCUT2D eigenvalue weighted by molar-refractivity contribution is 6.13. The Kier molecular flexibility index (Phi) is 80.0. The summed E-state index contributed by atoms with van der Waals surface area (Å²) in [6, 6.07) is -1.42. The van der Waals surface area contributed by atoms with E-state index < -0.39 is 77.5 Å². The van der Waals surface area contributed by atoms with Gasteiger partial charge in [0.25, 0.3) is 11.8 Å². The number of hydrogen-bond acceptors (Lipinski definition) is 35. The summed E-state index contributed by atoms with van der Waals surface area (Å²) in [7, 11) is 1.64. The van der Waals surface area contributed by atoms with Crippen LogP contribution in [0.25, 0.3) is 0 Å². The van der Waals surface area contributed by atoms with Crippen molar-refractivity contribution in [2.45, 2.75) is 31.7 Å². The maximum Gasteiger partial charge on any atom is 0.311 e. The zero-order chi connectivity index (χ0) is 87.1. The number of benzene rings is 1. The van der Waals surface area contributed by atoms with Gasteiger partial charge in [0.2, 0.25) is 35.1 Å². The summed E-state index contributed by atoms with van der Waals surface area (Å²) in [6.07, 6.45) is 0.907. The summed E-state index contributed by atoms with van der Waals surface area (Å²) < 4.78 is 213. The molecule has 1 aromatic carbocycles. The van der Waals surface area contributed by atoms with Crippen LogP contribution in [0, 0.1) is 23.3 Å². The van der Waals surface area contributed by atoms with Crippen LogP contribution in [0.3, 0.4) is 0 Å². The van der Waals surface area contributed by atoms with Crippen molar-refractivity contribution in [3.8, 4) is 5.75 Å². The van der Waals surface area contributed by atoms with E-state index in [9.17, 15) is 46.3 Å². The van der Waals surface area contributed by atoms with Gasteiger partial charge in [-0.25, -0.2) is 8.78 Å². The average molecular weight is 1760 g/mol. The number of ether oxygens (including phenoxy) is 29. The highest BCUT2D eigenvalue weighted by atomic mass is 19.2. The van der Waals surface area contributed by atoms with Gasteiger partial charge in [-0.15, -0.1) is 0 Å². The molecule has 1 atom stereocenters. The largest absolute Gasteiger partial charge is 0.420 e. The summed E-state index contributed by atoms with van der Waals surface area (Å²) in [6.45, 7) is 21.9. The second-order valence-corrected chi connectivity index (χ2v) is 24.8. The molecule has 0 saturated carbocycles. The number of imide groups is 1. The van der Waals surface area contributed by atoms with E-state index in [2.05, 4.69) is 20.7 Å². The molecule has 1 aliphatic heterocycles. The molecular formula is C78H134F4N4O35. The summed E-state index contributed by atoms with van der Waals surface area (Å²) in [5.74, 6) is -13.0. The predicted octanol–water partition coefficient (Wildman–Crippen LogP) is 0.446. The number of hydrogen-bond donors (Lipinski definition) is 3. The molecule has 121 heavy (non-hydrogen) atoms. The maximum atomic E-state index is 14.2. The van der Waals surface area contributed by atoms with E-state index in [1.54, 1.807) is 7.11 Å². The SMILES string of the molecule is COCCOCCOCCOCCOCCOCCOCCOCCOCCOCCOCCOCCOCCOCCOCCOCCOCCOCCOCCOCCOCCOCCOCCOCCNC(=O)C(CCC(=O)Oc1c(F)c(F)cc(F)c1F)NC(=O)CCOCCOCCOCCOCCNC(=O)CCN1C(=O)C=CC1=O. The Morgan fingerprint density at radius 1 is 0.298 bits per heavy atom. The second kappa shape index (κ2) is 86.7. The van der Waals surface area contributed by atoms with Crippen molar-refractivity contribution in [3.63, 3.8) is 0 Å². The number of rotatable bonds is 96. The van der Waals surface area contributed by atoms with Crippen molar-refractivity contribution in [1.82, 2.24) is 20.9 Å². The highest BCUT2D eigenvalue weighted by Crippen LogP contribution is 2.27. The molecule has 0 fully saturated rings. The average Bonchev–Trinajstić information content (AvgIpc) is 1.49. The van der Waals surface area contributed by atoms with Crippen LogP contribution >= 0.6 is 0 Å². The molecule has 0 aromatic heterocycles. The number of nitrogens with zero attached hydrogens (tertiary/aromatic N) is 1. The Morgan fingerprint density at radius 3 is 0.785 bits per heavy atom. The van der Waals surface area contributed by atoms with Crippen LogP contribution in [0.5, 0.6) is 5.75 Å². The molecule has 1 aromatic rings. The number of halogens is 4. The van der Waals surface area contributed by atoms with E-state index in [0.717, 1.165) is 17.1 Å². The zero-order valence-corrected chi connectivity index (χ0v) is 70.4. The van der Waals surface area contributed by atoms with Crippen molar-refractivity contribution >= 4 is 35.5 Å². The summed E-state index contributed by atoms with van der Waals surface area (Å²) in [5.41, 5.74) is 0. The number of nitrogens with one attached hydrogen (secondary N) is 3. The van der Waals surface area contributed by atoms with Gasteiger partial charge < -0.3 is 153 Å². The van der Waals surface area contributed by atoms with Crippen LogP contribution in [0.4, 0.5) is 17.6 Å². The van der Waals surface area contributed by atoms with Gasteiger partial charge in [-0.2, -0.15) is 8.78 Å². The van der Waals surface area contributed by atoms with Gasteiger partial charge >= 0.3 is 5.97 Å². The first-order valence-corrected chi connectivity index (χ1v) is 40.9. The first-order valence-electron chi connectivity index (χ1n) is 40.9. The van der Waals surface area contributed by atoms with Crippen molar-refractivity contribution in [1.29, 1.82) is 0 Å². The Bertz CT molecular complexity index is 2610. The molecule has 5 amide bonds. The fourth-order valence-corrected chi connectivity index (χ4v) is 9.20. The molecule has 39 nitrogen and oxygen atoms in total. The second-order valence-electron chi connectivity index (χ2n) is 24.8. The number of amides is 5. The predicted molar refractivity (Wildman–Crippen MR) is 418 cm³/mol. The molecule has 0 saturated heterocycles. The molecule has 0 aliphatic carbocycles. The Hall–Kier alpha value is -5.42. The van der Waals surface area contributed by atoms with E-state index in [1.807, 2.05) is 0 Å². The summed E-state index contributed by atoms with van der Waals surface area (Å²) in [4.78, 5) is 74.6. The topological polar surface area (TPSA) is 409 Å². The van der Waals surface area contributed by atoms with Crippen LogP contribution in [0.15, 0.2) is 18.2 Å². The van der Waals surface area contributed by atoms with Crippen molar-refractivity contribution in [2.24, 2.45) is 0 Å². The monoisotopic (exact) mass is 1760 g/mol.